The van der Waals surface area contributed by atoms with Gasteiger partial charge >= 0.3 is 12.1 Å². The molecule has 7 rings (SSSR count). The molecule has 1 N–H and O–H groups in total. The molecule has 0 saturated carbocycles. The van der Waals surface area contributed by atoms with Gasteiger partial charge in [0.25, 0.3) is 0 Å². The number of ether oxygens (including phenoxy) is 3. The Morgan fingerprint density at radius 3 is 2.47 bits per heavy atom. The number of benzene rings is 1. The zero-order chi connectivity index (χ0) is 33.2. The van der Waals surface area contributed by atoms with E-state index in [2.05, 4.69) is 9.88 Å². The van der Waals surface area contributed by atoms with Gasteiger partial charge in [-0.1, -0.05) is 29.3 Å². The summed E-state index contributed by atoms with van der Waals surface area (Å²) in [5, 5.41) is 24.9. The van der Waals surface area contributed by atoms with Gasteiger partial charge in [0.2, 0.25) is 0 Å². The number of carboxylic acids is 1. The second-order valence-corrected chi connectivity index (χ2v) is 14.3. The van der Waals surface area contributed by atoms with E-state index in [1.54, 1.807) is 29.8 Å². The molecule has 3 fully saturated rings. The third kappa shape index (κ3) is 7.14. The highest BCUT2D eigenvalue weighted by Crippen LogP contribution is 2.41. The van der Waals surface area contributed by atoms with E-state index in [4.69, 9.17) is 37.4 Å². The lowest BCUT2D eigenvalue weighted by Crippen LogP contribution is -2.53. The predicted octanol–water partition coefficient (Wildman–Crippen LogP) is 6.47. The number of carbonyl (C=O) groups is 2. The molecule has 2 atom stereocenters. The zero-order valence-electron chi connectivity index (χ0n) is 25.6. The van der Waals surface area contributed by atoms with Gasteiger partial charge in [0.1, 0.15) is 21.0 Å². The first-order valence-electron chi connectivity index (χ1n) is 14.9. The fraction of sp³-hybridized carbons (Fsp3) is 0.375. The number of thiophene rings is 1. The molecule has 248 valence electrons. The number of aromatic nitrogens is 2. The summed E-state index contributed by atoms with van der Waals surface area (Å²) in [6.07, 6.45) is 5.46. The van der Waals surface area contributed by atoms with Crippen molar-refractivity contribution in [3.05, 3.63) is 89.9 Å². The number of fused-ring (bicyclic) bond motifs is 3. The van der Waals surface area contributed by atoms with Crippen molar-refractivity contribution in [2.45, 2.75) is 37.8 Å². The van der Waals surface area contributed by atoms with Crippen LogP contribution in [0.3, 0.4) is 0 Å². The molecule has 4 aromatic rings. The number of hydrogen-bond donors (Lipinski definition) is 1. The Morgan fingerprint density at radius 1 is 1.15 bits per heavy atom. The van der Waals surface area contributed by atoms with Crippen molar-refractivity contribution in [2.24, 2.45) is 5.92 Å². The molecule has 15 heteroatoms. The van der Waals surface area contributed by atoms with Crippen LogP contribution in [0, 0.1) is 11.1 Å². The highest BCUT2D eigenvalue weighted by Gasteiger charge is 2.38. The molecular weight excluding hydrogens is 687 g/mol. The number of piperidine rings is 3. The summed E-state index contributed by atoms with van der Waals surface area (Å²) in [5.74, 6) is -0.432. The van der Waals surface area contributed by atoms with Gasteiger partial charge < -0.3 is 24.5 Å². The van der Waals surface area contributed by atoms with Gasteiger partial charge in [-0.2, -0.15) is 4.73 Å². The molecule has 3 aromatic heterocycles. The second kappa shape index (κ2) is 14.2. The van der Waals surface area contributed by atoms with E-state index < -0.39 is 18.0 Å². The standard InChI is InChI=1S/C32H32Cl2N4O7S2/c1-43-26-4-3-19(11-27(26)44-2)21(13-23-24(33)15-37(42)16-25(23)34)22-12-20(47-29(22)30(39)40)14-38(31-35-7-10-46-31)32(41)45-28-17-36-8-5-18(28)6-9-36/h3-4,7,10-12,15-16,18,21,28H,5-6,8-9,13-14,17H2,1-2H3,(H,39,40)/t21-,28-/m0/s1. The smallest absolute Gasteiger partial charge is 0.416 e. The van der Waals surface area contributed by atoms with Gasteiger partial charge in [-0.05, 0) is 67.6 Å². The van der Waals surface area contributed by atoms with Crippen LogP contribution in [0.2, 0.25) is 10.0 Å². The Bertz CT molecular complexity index is 1740. The van der Waals surface area contributed by atoms with E-state index >= 15 is 0 Å². The molecule has 0 spiro atoms. The molecule has 3 saturated heterocycles. The number of aromatic carboxylic acids is 1. The third-order valence-corrected chi connectivity index (χ3v) is 11.3. The van der Waals surface area contributed by atoms with Gasteiger partial charge in [0.05, 0.1) is 20.8 Å². The molecule has 0 unspecified atom stereocenters. The highest BCUT2D eigenvalue weighted by molar-refractivity contribution is 7.14. The molecule has 3 aliphatic heterocycles. The van der Waals surface area contributed by atoms with Crippen molar-refractivity contribution in [2.75, 3.05) is 38.8 Å². The van der Waals surface area contributed by atoms with Gasteiger partial charge in [-0.3, -0.25) is 4.90 Å². The van der Waals surface area contributed by atoms with Gasteiger partial charge in [0, 0.05) is 34.5 Å². The maximum atomic E-state index is 13.7. The zero-order valence-corrected chi connectivity index (χ0v) is 28.7. The summed E-state index contributed by atoms with van der Waals surface area (Å²) in [4.78, 5) is 35.3. The molecule has 1 amide bonds. The van der Waals surface area contributed by atoms with Crippen LogP contribution in [-0.4, -0.2) is 67.0 Å². The van der Waals surface area contributed by atoms with Crippen molar-refractivity contribution < 1.29 is 33.6 Å². The Kier molecular flexibility index (Phi) is 10.1. The molecule has 11 nitrogen and oxygen atoms in total. The van der Waals surface area contributed by atoms with Crippen LogP contribution in [0.15, 0.2) is 48.2 Å². The van der Waals surface area contributed by atoms with E-state index in [9.17, 15) is 19.9 Å². The lowest BCUT2D eigenvalue weighted by Gasteiger charge is -2.44. The van der Waals surface area contributed by atoms with E-state index in [1.807, 2.05) is 6.07 Å². The SMILES string of the molecule is COc1ccc([C@H](Cc2c(Cl)c[n+]([O-])cc2Cl)c2cc(CN(C(=O)O[C@H]3CN4CCC3CC4)c3nccs3)sc2C(=O)O)cc1OC. The monoisotopic (exact) mass is 718 g/mol. The largest absolute Gasteiger partial charge is 0.619 e. The van der Waals surface area contributed by atoms with Crippen LogP contribution in [-0.2, 0) is 17.7 Å². The molecule has 0 radical (unpaired) electrons. The fourth-order valence-corrected chi connectivity index (χ4v) is 8.60. The summed E-state index contributed by atoms with van der Waals surface area (Å²) >= 11 is 15.4. The van der Waals surface area contributed by atoms with Crippen molar-refractivity contribution in [3.8, 4) is 11.5 Å². The second-order valence-electron chi connectivity index (χ2n) is 11.4. The molecule has 3 aliphatic rings. The Balaban J connectivity index is 1.38. The number of methoxy groups -OCH3 is 2. The minimum absolute atomic E-state index is 0.0556. The number of nitrogens with zero attached hydrogens (tertiary/aromatic N) is 4. The molecule has 1 aromatic carbocycles. The summed E-state index contributed by atoms with van der Waals surface area (Å²) in [6.45, 7) is 2.79. The Labute approximate surface area is 289 Å². The van der Waals surface area contributed by atoms with Crippen LogP contribution in [0.25, 0.3) is 0 Å². The van der Waals surface area contributed by atoms with Gasteiger partial charge in [0.15, 0.2) is 29.0 Å². The maximum absolute atomic E-state index is 13.7. The van der Waals surface area contributed by atoms with Crippen LogP contribution in [0.4, 0.5) is 9.93 Å². The van der Waals surface area contributed by atoms with Crippen LogP contribution in [0.5, 0.6) is 11.5 Å². The van der Waals surface area contributed by atoms with Gasteiger partial charge in [-0.25, -0.2) is 19.5 Å². The quantitative estimate of drug-likeness (QED) is 0.137. The summed E-state index contributed by atoms with van der Waals surface area (Å²) in [6, 6.07) is 7.12. The highest BCUT2D eigenvalue weighted by atomic mass is 35.5. The number of carboxylic acid groups (broad SMARTS) is 1. The average molecular weight is 720 g/mol. The number of rotatable bonds is 11. The van der Waals surface area contributed by atoms with Crippen molar-refractivity contribution in [3.63, 3.8) is 0 Å². The van der Waals surface area contributed by atoms with Crippen LogP contribution in [0.1, 0.15) is 50.0 Å². The summed E-state index contributed by atoms with van der Waals surface area (Å²) in [7, 11) is 3.04. The number of halogens is 2. The maximum Gasteiger partial charge on any atom is 0.416 e. The van der Waals surface area contributed by atoms with Gasteiger partial charge in [-0.15, -0.1) is 22.7 Å². The van der Waals surface area contributed by atoms with Crippen LogP contribution >= 0.6 is 45.9 Å². The third-order valence-electron chi connectivity index (χ3n) is 8.69. The molecule has 0 aliphatic carbocycles. The van der Waals surface area contributed by atoms with E-state index in [0.29, 0.717) is 55.4 Å². The predicted molar refractivity (Wildman–Crippen MR) is 180 cm³/mol. The number of amides is 1. The first-order chi connectivity index (χ1) is 22.6. The minimum atomic E-state index is -1.12. The number of hydrogen-bond acceptors (Lipinski definition) is 10. The summed E-state index contributed by atoms with van der Waals surface area (Å²) < 4.78 is 17.6. The fourth-order valence-electron chi connectivity index (χ4n) is 6.32. The molecule has 47 heavy (non-hydrogen) atoms. The van der Waals surface area contributed by atoms with E-state index in [1.165, 1.54) is 42.8 Å². The minimum Gasteiger partial charge on any atom is -0.619 e. The topological polar surface area (TPSA) is 128 Å². The number of pyridine rings is 1. The number of carbonyl (C=O) groups excluding carboxylic acids is 1. The van der Waals surface area contributed by atoms with E-state index in [0.717, 1.165) is 37.3 Å². The first kappa shape index (κ1) is 33.3. The van der Waals surface area contributed by atoms with E-state index in [-0.39, 0.29) is 34.0 Å². The Hall–Kier alpha value is -3.62. The van der Waals surface area contributed by atoms with Crippen LogP contribution < -0.4 is 19.1 Å². The average Bonchev–Trinajstić information content (AvgIpc) is 3.74. The number of thiazole rings is 1. The lowest BCUT2D eigenvalue weighted by molar-refractivity contribution is -0.605. The Morgan fingerprint density at radius 2 is 1.87 bits per heavy atom. The summed E-state index contributed by atoms with van der Waals surface area (Å²) in [5.41, 5.74) is 1.68. The number of anilines is 1. The van der Waals surface area contributed by atoms with Crippen molar-refractivity contribution >= 4 is 63.1 Å². The van der Waals surface area contributed by atoms with Crippen molar-refractivity contribution in [1.29, 1.82) is 0 Å². The molecule has 2 bridgehead atoms. The molecular formula is C32H32Cl2N4O7S2. The molecule has 6 heterocycles. The normalized spacial score (nSPS) is 19.3. The first-order valence-corrected chi connectivity index (χ1v) is 17.3. The lowest BCUT2D eigenvalue weighted by atomic mass is 9.85. The van der Waals surface area contributed by atoms with Crippen molar-refractivity contribution in [1.82, 2.24) is 9.88 Å².